The molecule has 7 heteroatoms. The number of carbonyl (C=O) groups excluding carboxylic acids is 2. The number of likely N-dealkylation sites (tertiary alicyclic amines) is 1. The maximum Gasteiger partial charge on any atom is 0.253 e. The number of rotatable bonds is 5. The molecule has 0 aromatic heterocycles. The van der Waals surface area contributed by atoms with Crippen molar-refractivity contribution in [2.24, 2.45) is 5.73 Å². The number of amides is 2. The second kappa shape index (κ2) is 8.82. The van der Waals surface area contributed by atoms with E-state index in [-0.39, 0.29) is 17.9 Å². The summed E-state index contributed by atoms with van der Waals surface area (Å²) in [5.41, 5.74) is 6.18. The molecule has 1 aliphatic heterocycles. The van der Waals surface area contributed by atoms with Crippen molar-refractivity contribution in [2.75, 3.05) is 27.3 Å². The number of piperidine rings is 1. The maximum absolute atomic E-state index is 12.8. The van der Waals surface area contributed by atoms with E-state index in [1.54, 1.807) is 32.4 Å². The molecular formula is C21H31N3O4. The number of ether oxygens (including phenoxy) is 2. The van der Waals surface area contributed by atoms with Gasteiger partial charge in [-0.2, -0.15) is 0 Å². The number of nitrogens with two attached hydrogens (primary N) is 1. The van der Waals surface area contributed by atoms with Crippen LogP contribution in [0.4, 0.5) is 0 Å². The van der Waals surface area contributed by atoms with Crippen molar-refractivity contribution in [1.82, 2.24) is 10.2 Å². The molecule has 2 amide bonds. The molecule has 1 aromatic carbocycles. The summed E-state index contributed by atoms with van der Waals surface area (Å²) in [6.45, 7) is 1.21. The fourth-order valence-electron chi connectivity index (χ4n) is 4.12. The minimum absolute atomic E-state index is 0.0307. The molecule has 0 spiro atoms. The molecule has 0 radical (unpaired) electrons. The van der Waals surface area contributed by atoms with Crippen LogP contribution in [0.25, 0.3) is 0 Å². The van der Waals surface area contributed by atoms with Crippen molar-refractivity contribution in [2.45, 2.75) is 56.5 Å². The van der Waals surface area contributed by atoms with Gasteiger partial charge in [0, 0.05) is 24.7 Å². The summed E-state index contributed by atoms with van der Waals surface area (Å²) < 4.78 is 10.5. The first-order valence-electron chi connectivity index (χ1n) is 10.1. The summed E-state index contributed by atoms with van der Waals surface area (Å²) in [5.74, 6) is 1.07. The van der Waals surface area contributed by atoms with E-state index in [0.29, 0.717) is 30.2 Å². The molecule has 1 saturated carbocycles. The Morgan fingerprint density at radius 2 is 1.71 bits per heavy atom. The van der Waals surface area contributed by atoms with Gasteiger partial charge in [-0.1, -0.05) is 19.3 Å². The summed E-state index contributed by atoms with van der Waals surface area (Å²) >= 11 is 0. The van der Waals surface area contributed by atoms with Crippen molar-refractivity contribution in [3.05, 3.63) is 23.8 Å². The first-order valence-corrected chi connectivity index (χ1v) is 10.1. The van der Waals surface area contributed by atoms with Crippen LogP contribution in [0.2, 0.25) is 0 Å². The number of hydrogen-bond acceptors (Lipinski definition) is 5. The summed E-state index contributed by atoms with van der Waals surface area (Å²) in [4.78, 5) is 27.3. The molecule has 1 aromatic rings. The summed E-state index contributed by atoms with van der Waals surface area (Å²) in [6.07, 6.45) is 6.18. The first-order chi connectivity index (χ1) is 13.5. The van der Waals surface area contributed by atoms with E-state index in [4.69, 9.17) is 15.2 Å². The smallest absolute Gasteiger partial charge is 0.253 e. The lowest BCUT2D eigenvalue weighted by molar-refractivity contribution is -0.128. The molecular weight excluding hydrogens is 358 g/mol. The average Bonchev–Trinajstić information content (AvgIpc) is 2.73. The van der Waals surface area contributed by atoms with Crippen molar-refractivity contribution in [1.29, 1.82) is 0 Å². The molecule has 0 atom stereocenters. The van der Waals surface area contributed by atoms with E-state index in [2.05, 4.69) is 5.32 Å². The molecule has 28 heavy (non-hydrogen) atoms. The summed E-state index contributed by atoms with van der Waals surface area (Å²) in [7, 11) is 3.12. The number of nitrogens with zero attached hydrogens (tertiary/aromatic N) is 1. The largest absolute Gasteiger partial charge is 0.493 e. The Hall–Kier alpha value is -2.28. The van der Waals surface area contributed by atoms with E-state index in [9.17, 15) is 9.59 Å². The van der Waals surface area contributed by atoms with Gasteiger partial charge in [0.15, 0.2) is 11.5 Å². The molecule has 2 fully saturated rings. The van der Waals surface area contributed by atoms with Gasteiger partial charge in [0.2, 0.25) is 5.91 Å². The number of benzene rings is 1. The molecule has 0 bridgehead atoms. The van der Waals surface area contributed by atoms with Crippen LogP contribution in [0, 0.1) is 0 Å². The Morgan fingerprint density at radius 1 is 1.07 bits per heavy atom. The Bertz CT molecular complexity index is 708. The van der Waals surface area contributed by atoms with Crippen LogP contribution in [-0.2, 0) is 4.79 Å². The highest BCUT2D eigenvalue weighted by atomic mass is 16.5. The zero-order chi connectivity index (χ0) is 20.1. The van der Waals surface area contributed by atoms with Crippen LogP contribution in [0.5, 0.6) is 11.5 Å². The normalized spacial score (nSPS) is 19.8. The van der Waals surface area contributed by atoms with Crippen LogP contribution in [0.15, 0.2) is 18.2 Å². The van der Waals surface area contributed by atoms with E-state index in [1.807, 2.05) is 4.90 Å². The van der Waals surface area contributed by atoms with E-state index in [1.165, 1.54) is 0 Å². The Labute approximate surface area is 166 Å². The summed E-state index contributed by atoms with van der Waals surface area (Å²) in [6, 6.07) is 5.27. The van der Waals surface area contributed by atoms with Gasteiger partial charge in [-0.05, 0) is 43.9 Å². The van der Waals surface area contributed by atoms with Gasteiger partial charge in [-0.25, -0.2) is 0 Å². The second-order valence-corrected chi connectivity index (χ2v) is 7.83. The van der Waals surface area contributed by atoms with Crippen molar-refractivity contribution >= 4 is 11.8 Å². The third-order valence-corrected chi connectivity index (χ3v) is 5.95. The third-order valence-electron chi connectivity index (χ3n) is 5.95. The fourth-order valence-corrected chi connectivity index (χ4v) is 4.12. The topological polar surface area (TPSA) is 93.9 Å². The standard InChI is InChI=1S/C21H31N3O4/c1-27-17-7-6-15(14-18(17)28-2)19(25)24-12-8-16(9-13-24)23-20(26)21(22)10-4-3-5-11-21/h6-7,14,16H,3-5,8-13,22H2,1-2H3,(H,23,26). The van der Waals surface area contributed by atoms with Gasteiger partial charge in [0.05, 0.1) is 19.8 Å². The first kappa shape index (κ1) is 20.5. The predicted molar refractivity (Wildman–Crippen MR) is 107 cm³/mol. The Balaban J connectivity index is 1.55. The van der Waals surface area contributed by atoms with Gasteiger partial charge in [0.25, 0.3) is 5.91 Å². The maximum atomic E-state index is 12.8. The number of nitrogens with one attached hydrogen (secondary N) is 1. The fraction of sp³-hybridized carbons (Fsp3) is 0.619. The summed E-state index contributed by atoms with van der Waals surface area (Å²) in [5, 5.41) is 3.12. The number of carbonyl (C=O) groups is 2. The average molecular weight is 389 g/mol. The minimum atomic E-state index is -0.717. The SMILES string of the molecule is COc1ccc(C(=O)N2CCC(NC(=O)C3(N)CCCCC3)CC2)cc1OC. The van der Waals surface area contributed by atoms with Gasteiger partial charge < -0.3 is 25.4 Å². The lowest BCUT2D eigenvalue weighted by atomic mass is 9.81. The second-order valence-electron chi connectivity index (χ2n) is 7.83. The minimum Gasteiger partial charge on any atom is -0.493 e. The zero-order valence-electron chi connectivity index (χ0n) is 16.8. The number of methoxy groups -OCH3 is 2. The molecule has 1 aliphatic carbocycles. The highest BCUT2D eigenvalue weighted by molar-refractivity contribution is 5.95. The van der Waals surface area contributed by atoms with E-state index in [0.717, 1.165) is 44.9 Å². The molecule has 1 heterocycles. The molecule has 1 saturated heterocycles. The molecule has 0 unspecified atom stereocenters. The van der Waals surface area contributed by atoms with Gasteiger partial charge in [-0.15, -0.1) is 0 Å². The molecule has 154 valence electrons. The monoisotopic (exact) mass is 389 g/mol. The van der Waals surface area contributed by atoms with Crippen LogP contribution >= 0.6 is 0 Å². The lowest BCUT2D eigenvalue weighted by Gasteiger charge is -2.36. The highest BCUT2D eigenvalue weighted by Crippen LogP contribution is 2.29. The molecule has 2 aliphatic rings. The van der Waals surface area contributed by atoms with Gasteiger partial charge in [0.1, 0.15) is 0 Å². The highest BCUT2D eigenvalue weighted by Gasteiger charge is 2.37. The van der Waals surface area contributed by atoms with Crippen LogP contribution in [0.3, 0.4) is 0 Å². The van der Waals surface area contributed by atoms with Gasteiger partial charge in [-0.3, -0.25) is 9.59 Å². The molecule has 3 rings (SSSR count). The molecule has 7 nitrogen and oxygen atoms in total. The van der Waals surface area contributed by atoms with Crippen LogP contribution in [-0.4, -0.2) is 55.6 Å². The Morgan fingerprint density at radius 3 is 2.32 bits per heavy atom. The van der Waals surface area contributed by atoms with E-state index < -0.39 is 5.54 Å². The van der Waals surface area contributed by atoms with Crippen molar-refractivity contribution < 1.29 is 19.1 Å². The lowest BCUT2D eigenvalue weighted by Crippen LogP contribution is -2.58. The molecule has 3 N–H and O–H groups in total. The van der Waals surface area contributed by atoms with Crippen LogP contribution < -0.4 is 20.5 Å². The van der Waals surface area contributed by atoms with Crippen molar-refractivity contribution in [3.63, 3.8) is 0 Å². The zero-order valence-corrected chi connectivity index (χ0v) is 16.8. The van der Waals surface area contributed by atoms with Crippen LogP contribution in [0.1, 0.15) is 55.3 Å². The third kappa shape index (κ3) is 4.41. The van der Waals surface area contributed by atoms with Crippen molar-refractivity contribution in [3.8, 4) is 11.5 Å². The number of hydrogen-bond donors (Lipinski definition) is 2. The van der Waals surface area contributed by atoms with E-state index >= 15 is 0 Å². The predicted octanol–water partition coefficient (Wildman–Crippen LogP) is 2.09. The Kier molecular flexibility index (Phi) is 6.44. The van der Waals surface area contributed by atoms with Gasteiger partial charge >= 0.3 is 0 Å². The quantitative estimate of drug-likeness (QED) is 0.804.